The average Bonchev–Trinajstić information content (AvgIpc) is 2.97. The zero-order valence-electron chi connectivity index (χ0n) is 13.3. The van der Waals surface area contributed by atoms with E-state index in [0.717, 1.165) is 28.3 Å². The van der Waals surface area contributed by atoms with Crippen molar-refractivity contribution in [3.05, 3.63) is 59.1 Å². The number of aromatic nitrogens is 2. The topological polar surface area (TPSA) is 46.9 Å². The third kappa shape index (κ3) is 3.91. The highest BCUT2D eigenvalue weighted by Gasteiger charge is 2.11. The maximum absolute atomic E-state index is 12.1. The van der Waals surface area contributed by atoms with Gasteiger partial charge >= 0.3 is 0 Å². The van der Waals surface area contributed by atoms with Crippen LogP contribution in [-0.2, 0) is 17.9 Å². The van der Waals surface area contributed by atoms with E-state index in [-0.39, 0.29) is 5.91 Å². The Hall–Kier alpha value is -1.98. The molecule has 0 spiro atoms. The van der Waals surface area contributed by atoms with Gasteiger partial charge in [0.25, 0.3) is 0 Å². The van der Waals surface area contributed by atoms with Crippen LogP contribution in [0.25, 0.3) is 11.0 Å². The average molecular weight is 360 g/mol. The molecule has 1 amide bonds. The lowest BCUT2D eigenvalue weighted by molar-refractivity contribution is -0.118. The van der Waals surface area contributed by atoms with E-state index in [9.17, 15) is 4.79 Å². The maximum atomic E-state index is 12.1. The second kappa shape index (κ2) is 7.73. The van der Waals surface area contributed by atoms with Gasteiger partial charge in [-0.25, -0.2) is 4.98 Å². The molecule has 2 aromatic carbocycles. The van der Waals surface area contributed by atoms with Crippen molar-refractivity contribution < 1.29 is 4.79 Å². The van der Waals surface area contributed by atoms with Crippen LogP contribution in [0.2, 0.25) is 5.02 Å². The van der Waals surface area contributed by atoms with Crippen LogP contribution in [0.3, 0.4) is 0 Å². The second-order valence-electron chi connectivity index (χ2n) is 5.32. The number of benzene rings is 2. The molecule has 1 aromatic heterocycles. The van der Waals surface area contributed by atoms with Crippen LogP contribution in [0.1, 0.15) is 12.5 Å². The number of para-hydroxylation sites is 2. The van der Waals surface area contributed by atoms with E-state index in [4.69, 9.17) is 11.6 Å². The molecule has 0 aliphatic rings. The molecule has 0 fully saturated rings. The Balaban J connectivity index is 1.59. The van der Waals surface area contributed by atoms with Crippen LogP contribution >= 0.6 is 23.4 Å². The Labute approximate surface area is 150 Å². The Kier molecular flexibility index (Phi) is 5.43. The molecule has 3 rings (SSSR count). The van der Waals surface area contributed by atoms with Crippen LogP contribution in [0.15, 0.2) is 53.7 Å². The Morgan fingerprint density at radius 1 is 1.21 bits per heavy atom. The van der Waals surface area contributed by atoms with Crippen LogP contribution in [-0.4, -0.2) is 21.2 Å². The molecule has 0 atom stereocenters. The predicted molar refractivity (Wildman–Crippen MR) is 99.4 cm³/mol. The first-order valence-corrected chi connectivity index (χ1v) is 9.13. The second-order valence-corrected chi connectivity index (χ2v) is 6.70. The largest absolute Gasteiger partial charge is 0.351 e. The fourth-order valence-corrected chi connectivity index (χ4v) is 3.49. The molecule has 6 heteroatoms. The number of amides is 1. The number of aryl methyl sites for hydroxylation is 1. The normalized spacial score (nSPS) is 10.9. The predicted octanol–water partition coefficient (Wildman–Crippen LogP) is 4.12. The van der Waals surface area contributed by atoms with E-state index in [0.29, 0.717) is 17.3 Å². The number of hydrogen-bond acceptors (Lipinski definition) is 3. The first-order chi connectivity index (χ1) is 11.7. The molecule has 0 aliphatic heterocycles. The molecule has 0 radical (unpaired) electrons. The van der Waals surface area contributed by atoms with Crippen molar-refractivity contribution in [2.45, 2.75) is 25.2 Å². The third-order valence-electron chi connectivity index (χ3n) is 3.67. The van der Waals surface area contributed by atoms with Gasteiger partial charge in [0, 0.05) is 18.1 Å². The lowest BCUT2D eigenvalue weighted by Crippen LogP contribution is -2.24. The minimum atomic E-state index is -0.00957. The van der Waals surface area contributed by atoms with Gasteiger partial charge in [-0.05, 0) is 36.8 Å². The standard InChI is InChI=1S/C18H18ClN3OS/c1-2-22-16-6-4-3-5-15(16)21-18(22)24-12-17(23)20-11-13-7-9-14(19)10-8-13/h3-10H,2,11-12H2,1H3,(H,20,23). The molecule has 0 saturated heterocycles. The highest BCUT2D eigenvalue weighted by atomic mass is 35.5. The summed E-state index contributed by atoms with van der Waals surface area (Å²) in [5.41, 5.74) is 3.09. The zero-order chi connectivity index (χ0) is 16.9. The number of fused-ring (bicyclic) bond motifs is 1. The van der Waals surface area contributed by atoms with E-state index in [1.165, 1.54) is 11.8 Å². The summed E-state index contributed by atoms with van der Waals surface area (Å²) in [5.74, 6) is 0.335. The Morgan fingerprint density at radius 3 is 2.71 bits per heavy atom. The Morgan fingerprint density at radius 2 is 1.96 bits per heavy atom. The summed E-state index contributed by atoms with van der Waals surface area (Å²) in [6, 6.07) is 15.5. The number of carbonyl (C=O) groups excluding carboxylic acids is 1. The molecule has 0 bridgehead atoms. The summed E-state index contributed by atoms with van der Waals surface area (Å²) < 4.78 is 2.13. The van der Waals surface area contributed by atoms with Gasteiger partial charge in [-0.2, -0.15) is 0 Å². The van der Waals surface area contributed by atoms with Gasteiger partial charge in [0.2, 0.25) is 5.91 Å². The van der Waals surface area contributed by atoms with Crippen LogP contribution in [0, 0.1) is 0 Å². The minimum Gasteiger partial charge on any atom is -0.351 e. The molecule has 1 N–H and O–H groups in total. The number of nitrogens with zero attached hydrogens (tertiary/aromatic N) is 2. The van der Waals surface area contributed by atoms with Crippen molar-refractivity contribution in [1.29, 1.82) is 0 Å². The van der Waals surface area contributed by atoms with Crippen molar-refractivity contribution in [2.24, 2.45) is 0 Å². The number of hydrogen-bond donors (Lipinski definition) is 1. The van der Waals surface area contributed by atoms with Gasteiger partial charge in [0.05, 0.1) is 16.8 Å². The first kappa shape index (κ1) is 16.9. The van der Waals surface area contributed by atoms with E-state index in [1.54, 1.807) is 0 Å². The molecule has 4 nitrogen and oxygen atoms in total. The van der Waals surface area contributed by atoms with Gasteiger partial charge in [0.15, 0.2) is 5.16 Å². The summed E-state index contributed by atoms with van der Waals surface area (Å²) in [6.07, 6.45) is 0. The quantitative estimate of drug-likeness (QED) is 0.673. The molecule has 0 aliphatic carbocycles. The van der Waals surface area contributed by atoms with Crippen molar-refractivity contribution in [3.63, 3.8) is 0 Å². The molecular weight excluding hydrogens is 342 g/mol. The highest BCUT2D eigenvalue weighted by molar-refractivity contribution is 7.99. The highest BCUT2D eigenvalue weighted by Crippen LogP contribution is 2.23. The van der Waals surface area contributed by atoms with Gasteiger partial charge < -0.3 is 9.88 Å². The summed E-state index contributed by atoms with van der Waals surface area (Å²) in [7, 11) is 0. The van der Waals surface area contributed by atoms with Crippen LogP contribution < -0.4 is 5.32 Å². The van der Waals surface area contributed by atoms with E-state index in [2.05, 4.69) is 27.9 Å². The van der Waals surface area contributed by atoms with Gasteiger partial charge in [-0.3, -0.25) is 4.79 Å². The maximum Gasteiger partial charge on any atom is 0.230 e. The van der Waals surface area contributed by atoms with Crippen molar-refractivity contribution >= 4 is 40.3 Å². The first-order valence-electron chi connectivity index (χ1n) is 7.76. The SMILES string of the molecule is CCn1c(SCC(=O)NCc2ccc(Cl)cc2)nc2ccccc21. The fourth-order valence-electron chi connectivity index (χ4n) is 2.45. The zero-order valence-corrected chi connectivity index (χ0v) is 14.9. The lowest BCUT2D eigenvalue weighted by atomic mass is 10.2. The van der Waals surface area contributed by atoms with Crippen molar-refractivity contribution in [1.82, 2.24) is 14.9 Å². The number of thioether (sulfide) groups is 1. The summed E-state index contributed by atoms with van der Waals surface area (Å²) in [6.45, 7) is 3.41. The van der Waals surface area contributed by atoms with Crippen molar-refractivity contribution in [3.8, 4) is 0 Å². The monoisotopic (exact) mass is 359 g/mol. The van der Waals surface area contributed by atoms with Gasteiger partial charge in [0.1, 0.15) is 0 Å². The third-order valence-corrected chi connectivity index (χ3v) is 4.90. The van der Waals surface area contributed by atoms with Crippen LogP contribution in [0.5, 0.6) is 0 Å². The van der Waals surface area contributed by atoms with E-state index < -0.39 is 0 Å². The van der Waals surface area contributed by atoms with Crippen LogP contribution in [0.4, 0.5) is 0 Å². The number of rotatable bonds is 6. The summed E-state index contributed by atoms with van der Waals surface area (Å²) in [4.78, 5) is 16.7. The number of imidazole rings is 1. The number of carbonyl (C=O) groups is 1. The van der Waals surface area contributed by atoms with E-state index in [1.807, 2.05) is 42.5 Å². The minimum absolute atomic E-state index is 0.00957. The number of halogens is 1. The smallest absolute Gasteiger partial charge is 0.230 e. The molecule has 0 saturated carbocycles. The Bertz CT molecular complexity index is 845. The molecule has 3 aromatic rings. The molecule has 1 heterocycles. The number of nitrogens with one attached hydrogen (secondary N) is 1. The van der Waals surface area contributed by atoms with Crippen molar-refractivity contribution in [2.75, 3.05) is 5.75 Å². The van der Waals surface area contributed by atoms with E-state index >= 15 is 0 Å². The molecule has 24 heavy (non-hydrogen) atoms. The molecule has 0 unspecified atom stereocenters. The molecular formula is C18H18ClN3OS. The summed E-state index contributed by atoms with van der Waals surface area (Å²) in [5, 5.41) is 4.49. The molecule has 124 valence electrons. The lowest BCUT2D eigenvalue weighted by Gasteiger charge is -2.07. The fraction of sp³-hybridized carbons (Fsp3) is 0.222. The summed E-state index contributed by atoms with van der Waals surface area (Å²) >= 11 is 7.32. The van der Waals surface area contributed by atoms with Gasteiger partial charge in [-0.1, -0.05) is 47.6 Å². The van der Waals surface area contributed by atoms with Gasteiger partial charge in [-0.15, -0.1) is 0 Å².